The van der Waals surface area contributed by atoms with Crippen molar-refractivity contribution >= 4 is 29.2 Å². The minimum Gasteiger partial charge on any atom is -0.463 e. The van der Waals surface area contributed by atoms with Crippen molar-refractivity contribution in [1.29, 1.82) is 0 Å². The van der Waals surface area contributed by atoms with Gasteiger partial charge in [0.05, 0.1) is 12.6 Å². The lowest BCUT2D eigenvalue weighted by Crippen LogP contribution is -2.59. The Kier molecular flexibility index (Phi) is 8.53. The molecule has 1 aromatic rings. The average Bonchev–Trinajstić information content (AvgIpc) is 3.30. The zero-order valence-corrected chi connectivity index (χ0v) is 23.4. The largest absolute Gasteiger partial charge is 0.463 e. The van der Waals surface area contributed by atoms with Crippen molar-refractivity contribution in [2.24, 2.45) is 4.99 Å². The van der Waals surface area contributed by atoms with E-state index in [2.05, 4.69) is 31.4 Å². The molecule has 1 saturated heterocycles. The molecule has 0 bridgehead atoms. The molecule has 0 N–H and O–H groups in total. The summed E-state index contributed by atoms with van der Waals surface area (Å²) < 4.78 is 19.9. The summed E-state index contributed by atoms with van der Waals surface area (Å²) in [5.41, 5.74) is 3.88. The molecular formula is C31H37FN4O3. The van der Waals surface area contributed by atoms with Crippen LogP contribution < -0.4 is 0 Å². The van der Waals surface area contributed by atoms with Gasteiger partial charge in [0, 0.05) is 49.2 Å². The smallest absolute Gasteiger partial charge is 0.330 e. The van der Waals surface area contributed by atoms with Crippen molar-refractivity contribution in [2.45, 2.75) is 52.6 Å². The zero-order chi connectivity index (χ0) is 28.3. The second-order valence-corrected chi connectivity index (χ2v) is 9.98. The maximum atomic E-state index is 15.0. The van der Waals surface area contributed by atoms with E-state index in [4.69, 9.17) is 9.73 Å². The fourth-order valence-corrected chi connectivity index (χ4v) is 5.35. The van der Waals surface area contributed by atoms with Crippen LogP contribution in [0.3, 0.4) is 0 Å². The van der Waals surface area contributed by atoms with Gasteiger partial charge < -0.3 is 19.4 Å². The Labute approximate surface area is 230 Å². The molecule has 39 heavy (non-hydrogen) atoms. The summed E-state index contributed by atoms with van der Waals surface area (Å²) in [5.74, 6) is -0.519. The number of carbonyl (C=O) groups excluding carboxylic acids is 2. The van der Waals surface area contributed by atoms with Crippen LogP contribution in [0, 0.1) is 5.82 Å². The van der Waals surface area contributed by atoms with Gasteiger partial charge in [-0.05, 0) is 69.0 Å². The quantitative estimate of drug-likeness (QED) is 0.359. The zero-order valence-electron chi connectivity index (χ0n) is 23.4. The van der Waals surface area contributed by atoms with E-state index in [9.17, 15) is 9.59 Å². The second kappa shape index (κ2) is 11.8. The van der Waals surface area contributed by atoms with Gasteiger partial charge in [0.15, 0.2) is 0 Å². The number of fused-ring (bicyclic) bond motifs is 1. The number of carbonyl (C=O) groups is 2. The second-order valence-electron chi connectivity index (χ2n) is 9.98. The lowest BCUT2D eigenvalue weighted by Gasteiger charge is -2.45. The molecule has 0 spiro atoms. The summed E-state index contributed by atoms with van der Waals surface area (Å²) in [7, 11) is 1.88. The first-order valence-electron chi connectivity index (χ1n) is 13.5. The third-order valence-electron chi connectivity index (χ3n) is 7.63. The Balaban J connectivity index is 1.56. The maximum absolute atomic E-state index is 15.0. The Morgan fingerprint density at radius 1 is 1.26 bits per heavy atom. The van der Waals surface area contributed by atoms with Gasteiger partial charge in [0.25, 0.3) is 5.91 Å². The molecule has 7 nitrogen and oxygen atoms in total. The molecule has 1 amide bonds. The standard InChI is InChI=1S/C31H37FN4O3/c1-7-24-19-27(31(38)36-16-15-35-21(4)9-13-28(35)22(36)5)33-29(34(24)6)17-20(3)25-12-10-23(18-26(25)32)11-14-30(37)39-8-2/h9-12,14,17-19,22,28H,3,7-8,13,15-16H2,1-2,4-6H3/b14-11+,29-17-. The average molecular weight is 533 g/mol. The van der Waals surface area contributed by atoms with Crippen LogP contribution in [0.4, 0.5) is 4.39 Å². The van der Waals surface area contributed by atoms with Gasteiger partial charge in [-0.15, -0.1) is 0 Å². The minimum atomic E-state index is -0.481. The summed E-state index contributed by atoms with van der Waals surface area (Å²) in [4.78, 5) is 36.2. The van der Waals surface area contributed by atoms with Crippen molar-refractivity contribution in [3.05, 3.63) is 83.2 Å². The summed E-state index contributed by atoms with van der Waals surface area (Å²) in [5, 5.41) is 0. The molecule has 3 aliphatic heterocycles. The molecule has 1 aromatic carbocycles. The van der Waals surface area contributed by atoms with Gasteiger partial charge in [0.1, 0.15) is 17.3 Å². The fourth-order valence-electron chi connectivity index (χ4n) is 5.35. The predicted octanol–water partition coefficient (Wildman–Crippen LogP) is 5.15. The highest BCUT2D eigenvalue weighted by Gasteiger charge is 2.39. The number of benzene rings is 1. The normalized spacial score (nSPS) is 22.1. The highest BCUT2D eigenvalue weighted by atomic mass is 19.1. The highest BCUT2D eigenvalue weighted by molar-refractivity contribution is 6.43. The molecule has 0 radical (unpaired) electrons. The third-order valence-corrected chi connectivity index (χ3v) is 7.63. The van der Waals surface area contributed by atoms with Gasteiger partial charge in [-0.2, -0.15) is 0 Å². The van der Waals surface area contributed by atoms with E-state index in [1.54, 1.807) is 25.1 Å². The van der Waals surface area contributed by atoms with Crippen LogP contribution in [0.15, 0.2) is 71.3 Å². The lowest BCUT2D eigenvalue weighted by atomic mass is 10.0. The topological polar surface area (TPSA) is 65.5 Å². The van der Waals surface area contributed by atoms with Gasteiger partial charge in [0.2, 0.25) is 0 Å². The third kappa shape index (κ3) is 5.90. The molecule has 206 valence electrons. The monoisotopic (exact) mass is 532 g/mol. The number of halogens is 1. The van der Waals surface area contributed by atoms with Crippen LogP contribution in [-0.2, 0) is 14.3 Å². The van der Waals surface area contributed by atoms with Crippen molar-refractivity contribution in [3.63, 3.8) is 0 Å². The lowest BCUT2D eigenvalue weighted by molar-refractivity contribution is -0.137. The Hall–Kier alpha value is -3.94. The van der Waals surface area contributed by atoms with Crippen molar-refractivity contribution < 1.29 is 18.7 Å². The maximum Gasteiger partial charge on any atom is 0.330 e. The summed E-state index contributed by atoms with van der Waals surface area (Å²) in [6.45, 7) is 13.8. The number of piperazine rings is 1. The van der Waals surface area contributed by atoms with Crippen LogP contribution in [0.5, 0.6) is 0 Å². The van der Waals surface area contributed by atoms with Gasteiger partial charge in [-0.1, -0.05) is 31.7 Å². The number of nitrogens with zero attached hydrogens (tertiary/aromatic N) is 4. The first-order valence-corrected chi connectivity index (χ1v) is 13.5. The van der Waals surface area contributed by atoms with E-state index in [1.165, 1.54) is 23.9 Å². The number of rotatable bonds is 7. The summed E-state index contributed by atoms with van der Waals surface area (Å²) in [6.07, 6.45) is 10.2. The number of amides is 1. The number of hydrogen-bond acceptors (Lipinski definition) is 6. The highest BCUT2D eigenvalue weighted by Crippen LogP contribution is 2.31. The van der Waals surface area contributed by atoms with Gasteiger partial charge in [-0.3, -0.25) is 4.79 Å². The van der Waals surface area contributed by atoms with Crippen LogP contribution >= 0.6 is 0 Å². The number of esters is 1. The number of aliphatic imine (C=N–C) groups is 1. The first-order chi connectivity index (χ1) is 18.6. The van der Waals surface area contributed by atoms with Crippen LogP contribution in [0.2, 0.25) is 0 Å². The van der Waals surface area contributed by atoms with Crippen LogP contribution in [0.1, 0.15) is 51.7 Å². The molecule has 2 unspecified atom stereocenters. The van der Waals surface area contributed by atoms with E-state index in [1.807, 2.05) is 29.8 Å². The van der Waals surface area contributed by atoms with E-state index < -0.39 is 11.8 Å². The molecule has 2 atom stereocenters. The predicted molar refractivity (Wildman–Crippen MR) is 153 cm³/mol. The van der Waals surface area contributed by atoms with E-state index in [0.717, 1.165) is 18.7 Å². The molecule has 3 aliphatic rings. The number of ether oxygens (including phenoxy) is 1. The van der Waals surface area contributed by atoms with Crippen LogP contribution in [-0.4, -0.2) is 71.1 Å². The molecule has 0 saturated carbocycles. The Morgan fingerprint density at radius 2 is 2.03 bits per heavy atom. The number of hydrogen-bond donors (Lipinski definition) is 0. The Morgan fingerprint density at radius 3 is 2.72 bits per heavy atom. The molecule has 3 heterocycles. The molecule has 1 fully saturated rings. The molecule has 8 heteroatoms. The van der Waals surface area contributed by atoms with Gasteiger partial charge in [-0.25, -0.2) is 14.2 Å². The summed E-state index contributed by atoms with van der Waals surface area (Å²) >= 11 is 0. The SMILES string of the molecule is C=C(/C=C1/N=C(C(=O)N2CCN3C(C)=CCC3C2C)C=C(CC)N1C)c1ccc(/C=C/C(=O)OCC)cc1F. The van der Waals surface area contributed by atoms with Crippen molar-refractivity contribution in [1.82, 2.24) is 14.7 Å². The first kappa shape index (κ1) is 28.1. The minimum absolute atomic E-state index is 0.0636. The molecular weight excluding hydrogens is 495 g/mol. The van der Waals surface area contributed by atoms with Crippen LogP contribution in [0.25, 0.3) is 11.6 Å². The van der Waals surface area contributed by atoms with E-state index >= 15 is 4.39 Å². The van der Waals surface area contributed by atoms with Gasteiger partial charge >= 0.3 is 5.97 Å². The Bertz CT molecular complexity index is 1320. The summed E-state index contributed by atoms with van der Waals surface area (Å²) in [6, 6.07) is 5.02. The van der Waals surface area contributed by atoms with E-state index in [0.29, 0.717) is 41.2 Å². The van der Waals surface area contributed by atoms with Crippen molar-refractivity contribution in [3.8, 4) is 0 Å². The van der Waals surface area contributed by atoms with E-state index in [-0.39, 0.29) is 24.6 Å². The number of allylic oxidation sites excluding steroid dienone is 4. The molecule has 0 aliphatic carbocycles. The molecule has 0 aromatic heterocycles. The van der Waals surface area contributed by atoms with Crippen molar-refractivity contribution in [2.75, 3.05) is 26.7 Å². The fraction of sp³-hybridized carbons (Fsp3) is 0.387. The molecule has 4 rings (SSSR count).